The maximum atomic E-state index is 12.6. The standard InChI is InChI=1S/C14H21BrN4O/c1-14(5-6-16-9-14)18-12-11(15)7-17-19(13(12)20)8-10-3-2-4-10/h7,10,16,18H,2-6,8-9H2,1H3. The van der Waals surface area contributed by atoms with Crippen LogP contribution in [0.1, 0.15) is 32.6 Å². The van der Waals surface area contributed by atoms with Crippen LogP contribution in [-0.4, -0.2) is 28.4 Å². The zero-order valence-corrected chi connectivity index (χ0v) is 13.4. The molecule has 20 heavy (non-hydrogen) atoms. The number of hydrogen-bond donors (Lipinski definition) is 2. The lowest BCUT2D eigenvalue weighted by Crippen LogP contribution is -2.40. The lowest BCUT2D eigenvalue weighted by atomic mass is 9.85. The molecule has 1 aliphatic heterocycles. The van der Waals surface area contributed by atoms with Crippen molar-refractivity contribution in [1.29, 1.82) is 0 Å². The molecule has 1 aromatic rings. The first-order valence-corrected chi connectivity index (χ1v) is 8.11. The fraction of sp³-hybridized carbons (Fsp3) is 0.714. The van der Waals surface area contributed by atoms with Gasteiger partial charge in [-0.2, -0.15) is 5.10 Å². The van der Waals surface area contributed by atoms with Crippen molar-refractivity contribution in [2.45, 2.75) is 44.7 Å². The van der Waals surface area contributed by atoms with Crippen LogP contribution < -0.4 is 16.2 Å². The van der Waals surface area contributed by atoms with E-state index in [1.165, 1.54) is 19.3 Å². The zero-order valence-electron chi connectivity index (χ0n) is 11.8. The summed E-state index contributed by atoms with van der Waals surface area (Å²) in [6.45, 7) is 4.76. The van der Waals surface area contributed by atoms with Crippen LogP contribution in [0.15, 0.2) is 15.5 Å². The molecule has 3 rings (SSSR count). The zero-order chi connectivity index (χ0) is 14.2. The lowest BCUT2D eigenvalue weighted by Gasteiger charge is -2.28. The minimum absolute atomic E-state index is 0.0144. The summed E-state index contributed by atoms with van der Waals surface area (Å²) in [6.07, 6.45) is 6.46. The van der Waals surface area contributed by atoms with Gasteiger partial charge in [0, 0.05) is 18.6 Å². The van der Waals surface area contributed by atoms with Gasteiger partial charge in [0.2, 0.25) is 0 Å². The topological polar surface area (TPSA) is 59.0 Å². The van der Waals surface area contributed by atoms with Crippen molar-refractivity contribution in [1.82, 2.24) is 15.1 Å². The molecule has 0 radical (unpaired) electrons. The summed E-state index contributed by atoms with van der Waals surface area (Å²) in [6, 6.07) is 0. The number of nitrogens with zero attached hydrogens (tertiary/aromatic N) is 2. The molecule has 6 heteroatoms. The quantitative estimate of drug-likeness (QED) is 0.879. The summed E-state index contributed by atoms with van der Waals surface area (Å²) in [5.41, 5.74) is 0.571. The highest BCUT2D eigenvalue weighted by Gasteiger charge is 2.30. The summed E-state index contributed by atoms with van der Waals surface area (Å²) in [5.74, 6) is 0.623. The predicted molar refractivity (Wildman–Crippen MR) is 83.1 cm³/mol. The molecular weight excluding hydrogens is 320 g/mol. The van der Waals surface area contributed by atoms with Gasteiger partial charge in [-0.3, -0.25) is 4.79 Å². The molecule has 1 saturated carbocycles. The van der Waals surface area contributed by atoms with Gasteiger partial charge in [-0.15, -0.1) is 0 Å². The highest BCUT2D eigenvalue weighted by atomic mass is 79.9. The Labute approximate surface area is 127 Å². The Morgan fingerprint density at radius 2 is 2.40 bits per heavy atom. The highest BCUT2D eigenvalue weighted by Crippen LogP contribution is 2.28. The molecule has 0 bridgehead atoms. The monoisotopic (exact) mass is 340 g/mol. The molecule has 1 atom stereocenters. The van der Waals surface area contributed by atoms with Crippen LogP contribution in [0.5, 0.6) is 0 Å². The van der Waals surface area contributed by atoms with Gasteiger partial charge in [0.05, 0.1) is 10.7 Å². The van der Waals surface area contributed by atoms with Gasteiger partial charge >= 0.3 is 0 Å². The number of nitrogens with one attached hydrogen (secondary N) is 2. The van der Waals surface area contributed by atoms with Gasteiger partial charge in [0.25, 0.3) is 5.56 Å². The Balaban J connectivity index is 1.84. The first kappa shape index (κ1) is 14.1. The van der Waals surface area contributed by atoms with Gasteiger partial charge in [-0.05, 0) is 54.6 Å². The first-order valence-electron chi connectivity index (χ1n) is 7.32. The summed E-state index contributed by atoms with van der Waals surface area (Å²) in [5, 5.41) is 11.0. The Hall–Kier alpha value is -0.880. The molecule has 0 spiro atoms. The normalized spacial score (nSPS) is 26.5. The molecule has 1 saturated heterocycles. The molecule has 1 unspecified atom stereocenters. The molecule has 1 aromatic heterocycles. The average molecular weight is 341 g/mol. The fourth-order valence-electron chi connectivity index (χ4n) is 2.86. The SMILES string of the molecule is CC1(Nc2c(Br)cnn(CC3CCC3)c2=O)CCNC1. The Morgan fingerprint density at radius 1 is 1.60 bits per heavy atom. The van der Waals surface area contributed by atoms with Crippen LogP contribution in [0.25, 0.3) is 0 Å². The minimum Gasteiger partial charge on any atom is -0.373 e. The van der Waals surface area contributed by atoms with Crippen LogP contribution in [0, 0.1) is 5.92 Å². The van der Waals surface area contributed by atoms with E-state index >= 15 is 0 Å². The molecule has 1 aliphatic carbocycles. The highest BCUT2D eigenvalue weighted by molar-refractivity contribution is 9.10. The largest absolute Gasteiger partial charge is 0.373 e. The average Bonchev–Trinajstić information content (AvgIpc) is 2.79. The van der Waals surface area contributed by atoms with Gasteiger partial charge in [0.15, 0.2) is 0 Å². The van der Waals surface area contributed by atoms with E-state index in [4.69, 9.17) is 0 Å². The van der Waals surface area contributed by atoms with Crippen LogP contribution in [0.4, 0.5) is 5.69 Å². The molecule has 0 aromatic carbocycles. The number of halogens is 1. The number of rotatable bonds is 4. The van der Waals surface area contributed by atoms with Gasteiger partial charge in [-0.25, -0.2) is 4.68 Å². The van der Waals surface area contributed by atoms with Crippen LogP contribution in [0.3, 0.4) is 0 Å². The Kier molecular flexibility index (Phi) is 3.86. The van der Waals surface area contributed by atoms with E-state index in [2.05, 4.69) is 38.6 Å². The van der Waals surface area contributed by atoms with E-state index in [0.717, 1.165) is 30.5 Å². The van der Waals surface area contributed by atoms with Crippen molar-refractivity contribution in [3.63, 3.8) is 0 Å². The van der Waals surface area contributed by atoms with Crippen LogP contribution in [-0.2, 0) is 6.54 Å². The second-order valence-corrected chi connectivity index (χ2v) is 7.12. The Morgan fingerprint density at radius 3 is 3.00 bits per heavy atom. The maximum Gasteiger partial charge on any atom is 0.291 e. The molecule has 5 nitrogen and oxygen atoms in total. The van der Waals surface area contributed by atoms with Gasteiger partial charge < -0.3 is 10.6 Å². The molecule has 2 heterocycles. The van der Waals surface area contributed by atoms with E-state index in [9.17, 15) is 4.79 Å². The maximum absolute atomic E-state index is 12.6. The predicted octanol–water partition coefficient (Wildman–Crippen LogP) is 1.97. The minimum atomic E-state index is -0.0582. The molecule has 0 amide bonds. The molecule has 110 valence electrons. The van der Waals surface area contributed by atoms with Crippen molar-refractivity contribution in [2.24, 2.45) is 5.92 Å². The Bertz CT molecular complexity index is 547. The lowest BCUT2D eigenvalue weighted by molar-refractivity contribution is 0.261. The van der Waals surface area contributed by atoms with Crippen LogP contribution in [0.2, 0.25) is 0 Å². The fourth-order valence-corrected chi connectivity index (χ4v) is 3.22. The molecule has 2 N–H and O–H groups in total. The smallest absolute Gasteiger partial charge is 0.291 e. The number of aromatic nitrogens is 2. The molecule has 2 aliphatic rings. The molecular formula is C14H21BrN4O. The summed E-state index contributed by atoms with van der Waals surface area (Å²) >= 11 is 3.45. The van der Waals surface area contributed by atoms with Crippen molar-refractivity contribution in [3.8, 4) is 0 Å². The number of hydrogen-bond acceptors (Lipinski definition) is 4. The van der Waals surface area contributed by atoms with E-state index < -0.39 is 0 Å². The summed E-state index contributed by atoms with van der Waals surface area (Å²) < 4.78 is 2.36. The van der Waals surface area contributed by atoms with E-state index in [-0.39, 0.29) is 11.1 Å². The van der Waals surface area contributed by atoms with E-state index in [0.29, 0.717) is 11.6 Å². The van der Waals surface area contributed by atoms with Crippen molar-refractivity contribution in [3.05, 3.63) is 21.0 Å². The third-order valence-corrected chi connectivity index (χ3v) is 5.05. The third-order valence-electron chi connectivity index (χ3n) is 4.45. The van der Waals surface area contributed by atoms with Crippen molar-refractivity contribution in [2.75, 3.05) is 18.4 Å². The second kappa shape index (κ2) is 5.48. The van der Waals surface area contributed by atoms with Crippen LogP contribution >= 0.6 is 15.9 Å². The van der Waals surface area contributed by atoms with E-state index in [1.54, 1.807) is 10.9 Å². The number of anilines is 1. The molecule has 2 fully saturated rings. The second-order valence-electron chi connectivity index (χ2n) is 6.26. The third kappa shape index (κ3) is 2.76. The van der Waals surface area contributed by atoms with Gasteiger partial charge in [0.1, 0.15) is 5.69 Å². The van der Waals surface area contributed by atoms with E-state index in [1.807, 2.05) is 0 Å². The van der Waals surface area contributed by atoms with Crippen molar-refractivity contribution < 1.29 is 0 Å². The van der Waals surface area contributed by atoms with Gasteiger partial charge in [-0.1, -0.05) is 6.42 Å². The first-order chi connectivity index (χ1) is 9.57. The summed E-state index contributed by atoms with van der Waals surface area (Å²) in [7, 11) is 0. The van der Waals surface area contributed by atoms with Crippen molar-refractivity contribution >= 4 is 21.6 Å². The summed E-state index contributed by atoms with van der Waals surface area (Å²) in [4.78, 5) is 12.6.